The Balaban J connectivity index is 1.86. The molecule has 2 aromatic carbocycles. The van der Waals surface area contributed by atoms with Crippen molar-refractivity contribution in [2.24, 2.45) is 0 Å². The van der Waals surface area contributed by atoms with Crippen molar-refractivity contribution >= 4 is 33.3 Å². The zero-order valence-corrected chi connectivity index (χ0v) is 12.7. The first-order valence-corrected chi connectivity index (χ1v) is 8.47. The molecule has 0 radical (unpaired) electrons. The SMILES string of the molecule is CSc1ccccc1C(O)Cc1nc2ccccc2s1. The highest BCUT2D eigenvalue weighted by Gasteiger charge is 2.14. The van der Waals surface area contributed by atoms with E-state index in [1.165, 1.54) is 4.70 Å². The van der Waals surface area contributed by atoms with Crippen molar-refractivity contribution < 1.29 is 5.11 Å². The lowest BCUT2D eigenvalue weighted by Crippen LogP contribution is -2.02. The van der Waals surface area contributed by atoms with Crippen molar-refractivity contribution in [3.05, 3.63) is 59.1 Å². The Hall–Kier alpha value is -1.36. The van der Waals surface area contributed by atoms with E-state index in [2.05, 4.69) is 11.1 Å². The van der Waals surface area contributed by atoms with Crippen LogP contribution < -0.4 is 0 Å². The van der Waals surface area contributed by atoms with Gasteiger partial charge in [-0.25, -0.2) is 4.98 Å². The average Bonchev–Trinajstić information content (AvgIpc) is 2.89. The van der Waals surface area contributed by atoms with Crippen LogP contribution in [0.15, 0.2) is 53.4 Å². The molecule has 0 aliphatic heterocycles. The molecule has 0 saturated heterocycles. The number of nitrogens with zero attached hydrogens (tertiary/aromatic N) is 1. The van der Waals surface area contributed by atoms with Gasteiger partial charge in [-0.1, -0.05) is 30.3 Å². The van der Waals surface area contributed by atoms with Gasteiger partial charge in [0, 0.05) is 11.3 Å². The van der Waals surface area contributed by atoms with Gasteiger partial charge in [0.25, 0.3) is 0 Å². The Morgan fingerprint density at radius 3 is 2.70 bits per heavy atom. The summed E-state index contributed by atoms with van der Waals surface area (Å²) in [4.78, 5) is 5.71. The molecule has 1 N–H and O–H groups in total. The van der Waals surface area contributed by atoms with Crippen LogP contribution in [0.5, 0.6) is 0 Å². The number of benzene rings is 2. The minimum atomic E-state index is -0.501. The number of aromatic nitrogens is 1. The molecule has 102 valence electrons. The largest absolute Gasteiger partial charge is 0.388 e. The third-order valence-corrected chi connectivity index (χ3v) is 5.07. The second-order valence-electron chi connectivity index (χ2n) is 4.54. The minimum Gasteiger partial charge on any atom is -0.388 e. The van der Waals surface area contributed by atoms with Crippen LogP contribution in [0, 0.1) is 0 Å². The zero-order chi connectivity index (χ0) is 13.9. The van der Waals surface area contributed by atoms with Gasteiger partial charge in [0.05, 0.1) is 21.3 Å². The van der Waals surface area contributed by atoms with Crippen molar-refractivity contribution in [3.8, 4) is 0 Å². The second-order valence-corrected chi connectivity index (χ2v) is 6.50. The highest BCUT2D eigenvalue weighted by atomic mass is 32.2. The summed E-state index contributed by atoms with van der Waals surface area (Å²) in [7, 11) is 0. The van der Waals surface area contributed by atoms with Gasteiger partial charge in [-0.05, 0) is 30.0 Å². The third-order valence-electron chi connectivity index (χ3n) is 3.20. The van der Waals surface area contributed by atoms with Gasteiger partial charge in [-0.15, -0.1) is 23.1 Å². The summed E-state index contributed by atoms with van der Waals surface area (Å²) in [6.45, 7) is 0. The van der Waals surface area contributed by atoms with Crippen molar-refractivity contribution in [1.29, 1.82) is 0 Å². The van der Waals surface area contributed by atoms with Gasteiger partial charge < -0.3 is 5.11 Å². The Kier molecular flexibility index (Phi) is 4.05. The molecule has 1 atom stereocenters. The minimum absolute atomic E-state index is 0.501. The van der Waals surface area contributed by atoms with Gasteiger partial charge in [-0.2, -0.15) is 0 Å². The maximum absolute atomic E-state index is 10.5. The van der Waals surface area contributed by atoms with Crippen LogP contribution in [0.1, 0.15) is 16.7 Å². The highest BCUT2D eigenvalue weighted by molar-refractivity contribution is 7.98. The van der Waals surface area contributed by atoms with Gasteiger partial charge >= 0.3 is 0 Å². The summed E-state index contributed by atoms with van der Waals surface area (Å²) >= 11 is 3.32. The fourth-order valence-corrected chi connectivity index (χ4v) is 3.88. The average molecular weight is 301 g/mol. The van der Waals surface area contributed by atoms with Crippen LogP contribution in [-0.4, -0.2) is 16.3 Å². The Morgan fingerprint density at radius 2 is 1.90 bits per heavy atom. The highest BCUT2D eigenvalue weighted by Crippen LogP contribution is 2.30. The van der Waals surface area contributed by atoms with Crippen molar-refractivity contribution in [2.75, 3.05) is 6.26 Å². The molecule has 4 heteroatoms. The number of para-hydroxylation sites is 1. The lowest BCUT2D eigenvalue weighted by atomic mass is 10.1. The molecule has 0 bridgehead atoms. The van der Waals surface area contributed by atoms with Crippen LogP contribution >= 0.6 is 23.1 Å². The molecule has 0 fully saturated rings. The van der Waals surface area contributed by atoms with Gasteiger partial charge in [0.15, 0.2) is 0 Å². The van der Waals surface area contributed by atoms with E-state index in [1.807, 2.05) is 48.7 Å². The monoisotopic (exact) mass is 301 g/mol. The maximum atomic E-state index is 10.5. The predicted octanol–water partition coefficient (Wildman–Crippen LogP) is 4.29. The van der Waals surface area contributed by atoms with Crippen molar-refractivity contribution in [3.63, 3.8) is 0 Å². The summed E-state index contributed by atoms with van der Waals surface area (Å²) in [5.74, 6) is 0. The molecule has 0 amide bonds. The molecule has 3 rings (SSSR count). The van der Waals surface area contributed by atoms with E-state index in [0.29, 0.717) is 6.42 Å². The third kappa shape index (κ3) is 2.73. The topological polar surface area (TPSA) is 33.1 Å². The first-order valence-electron chi connectivity index (χ1n) is 6.43. The standard InChI is InChI=1S/C16H15NOS2/c1-19-14-8-4-2-6-11(14)13(18)10-16-17-12-7-3-5-9-15(12)20-16/h2-9,13,18H,10H2,1H3. The molecule has 1 unspecified atom stereocenters. The number of hydrogen-bond donors (Lipinski definition) is 1. The van der Waals surface area contributed by atoms with E-state index in [4.69, 9.17) is 0 Å². The second kappa shape index (κ2) is 5.95. The molecule has 1 aromatic heterocycles. The van der Waals surface area contributed by atoms with Crippen molar-refractivity contribution in [2.45, 2.75) is 17.4 Å². The van der Waals surface area contributed by atoms with E-state index < -0.39 is 6.10 Å². The van der Waals surface area contributed by atoms with Crippen LogP contribution in [0.3, 0.4) is 0 Å². The van der Waals surface area contributed by atoms with E-state index in [9.17, 15) is 5.11 Å². The lowest BCUT2D eigenvalue weighted by molar-refractivity contribution is 0.175. The maximum Gasteiger partial charge on any atom is 0.0967 e. The van der Waals surface area contributed by atoms with Crippen LogP contribution in [-0.2, 0) is 6.42 Å². The van der Waals surface area contributed by atoms with Crippen LogP contribution in [0.25, 0.3) is 10.2 Å². The quantitative estimate of drug-likeness (QED) is 0.730. The summed E-state index contributed by atoms with van der Waals surface area (Å²) in [5, 5.41) is 11.4. The fraction of sp³-hybridized carbons (Fsp3) is 0.188. The summed E-state index contributed by atoms with van der Waals surface area (Å²) in [6.07, 6.45) is 2.10. The van der Waals surface area contributed by atoms with Gasteiger partial charge in [0.2, 0.25) is 0 Å². The molecule has 3 aromatic rings. The number of fused-ring (bicyclic) bond motifs is 1. The van der Waals surface area contributed by atoms with Crippen LogP contribution in [0.4, 0.5) is 0 Å². The number of aliphatic hydroxyl groups excluding tert-OH is 1. The Labute approximate surface area is 126 Å². The number of hydrogen-bond acceptors (Lipinski definition) is 4. The van der Waals surface area contributed by atoms with Crippen molar-refractivity contribution in [1.82, 2.24) is 4.98 Å². The van der Waals surface area contributed by atoms with Crippen LogP contribution in [0.2, 0.25) is 0 Å². The van der Waals surface area contributed by atoms with Gasteiger partial charge in [0.1, 0.15) is 0 Å². The smallest absolute Gasteiger partial charge is 0.0967 e. The summed E-state index contributed by atoms with van der Waals surface area (Å²) in [5.41, 5.74) is 2.00. The zero-order valence-electron chi connectivity index (χ0n) is 11.1. The fourth-order valence-electron chi connectivity index (χ4n) is 2.22. The molecule has 0 saturated carbocycles. The van der Waals surface area contributed by atoms with Gasteiger partial charge in [-0.3, -0.25) is 0 Å². The first kappa shape index (κ1) is 13.6. The number of aliphatic hydroxyl groups is 1. The first-order chi connectivity index (χ1) is 9.78. The number of thiazole rings is 1. The van der Waals surface area contributed by atoms with E-state index in [0.717, 1.165) is 21.0 Å². The van der Waals surface area contributed by atoms with E-state index >= 15 is 0 Å². The molecular weight excluding hydrogens is 286 g/mol. The van der Waals surface area contributed by atoms with E-state index in [1.54, 1.807) is 23.1 Å². The molecule has 0 aliphatic rings. The normalized spacial score (nSPS) is 12.7. The molecule has 0 spiro atoms. The van der Waals surface area contributed by atoms with E-state index in [-0.39, 0.29) is 0 Å². The molecular formula is C16H15NOS2. The Morgan fingerprint density at radius 1 is 1.15 bits per heavy atom. The predicted molar refractivity (Wildman–Crippen MR) is 86.5 cm³/mol. The number of thioether (sulfide) groups is 1. The molecule has 0 aliphatic carbocycles. The molecule has 20 heavy (non-hydrogen) atoms. The summed E-state index contributed by atoms with van der Waals surface area (Å²) in [6, 6.07) is 16.1. The lowest BCUT2D eigenvalue weighted by Gasteiger charge is -2.12. The Bertz CT molecular complexity index is 690. The molecule has 2 nitrogen and oxygen atoms in total. The molecule has 1 heterocycles. The number of rotatable bonds is 4. The summed E-state index contributed by atoms with van der Waals surface area (Å²) < 4.78 is 1.17.